The van der Waals surface area contributed by atoms with E-state index in [1.54, 1.807) is 0 Å². The standard InChI is InChI=1S/C14H18BrNO2/c1-16(13-5-3-2-4-12(13)15)11-8-6-10(7-9-11)14(17)18/h2-5,10-11H,6-9H2,1H3,(H,17,18). The number of para-hydroxylation sites is 1. The van der Waals surface area contributed by atoms with Crippen LogP contribution < -0.4 is 4.90 Å². The van der Waals surface area contributed by atoms with Gasteiger partial charge in [0.1, 0.15) is 0 Å². The summed E-state index contributed by atoms with van der Waals surface area (Å²) in [4.78, 5) is 13.2. The number of hydrogen-bond acceptors (Lipinski definition) is 2. The van der Waals surface area contributed by atoms with Crippen molar-refractivity contribution >= 4 is 27.6 Å². The zero-order chi connectivity index (χ0) is 13.1. The largest absolute Gasteiger partial charge is 0.481 e. The van der Waals surface area contributed by atoms with Crippen LogP contribution in [0.25, 0.3) is 0 Å². The number of anilines is 1. The van der Waals surface area contributed by atoms with E-state index in [0.717, 1.165) is 30.2 Å². The van der Waals surface area contributed by atoms with Gasteiger partial charge in [0.05, 0.1) is 11.6 Å². The first-order chi connectivity index (χ1) is 8.59. The highest BCUT2D eigenvalue weighted by atomic mass is 79.9. The fourth-order valence-corrected chi connectivity index (χ4v) is 3.21. The van der Waals surface area contributed by atoms with Crippen LogP contribution in [-0.2, 0) is 4.79 Å². The molecule has 4 heteroatoms. The monoisotopic (exact) mass is 311 g/mol. The second-order valence-corrected chi connectivity index (χ2v) is 5.76. The SMILES string of the molecule is CN(c1ccccc1Br)C1CCC(C(=O)O)CC1. The lowest BCUT2D eigenvalue weighted by molar-refractivity contribution is -0.142. The first kappa shape index (κ1) is 13.4. The molecule has 0 heterocycles. The van der Waals surface area contributed by atoms with Gasteiger partial charge in [-0.1, -0.05) is 12.1 Å². The van der Waals surface area contributed by atoms with Gasteiger partial charge in [-0.2, -0.15) is 0 Å². The topological polar surface area (TPSA) is 40.5 Å². The van der Waals surface area contributed by atoms with Crippen LogP contribution in [-0.4, -0.2) is 24.2 Å². The molecule has 1 aliphatic carbocycles. The van der Waals surface area contributed by atoms with E-state index in [-0.39, 0.29) is 5.92 Å². The Hall–Kier alpha value is -1.03. The normalized spacial score (nSPS) is 23.7. The molecule has 3 nitrogen and oxygen atoms in total. The fraction of sp³-hybridized carbons (Fsp3) is 0.500. The van der Waals surface area contributed by atoms with Gasteiger partial charge in [0, 0.05) is 17.6 Å². The second-order valence-electron chi connectivity index (χ2n) is 4.91. The minimum absolute atomic E-state index is 0.145. The van der Waals surface area contributed by atoms with E-state index in [0.29, 0.717) is 6.04 Å². The minimum atomic E-state index is -0.642. The average molecular weight is 312 g/mol. The lowest BCUT2D eigenvalue weighted by Gasteiger charge is -2.35. The molecule has 1 aromatic rings. The van der Waals surface area contributed by atoms with Gasteiger partial charge in [-0.3, -0.25) is 4.79 Å². The molecular weight excluding hydrogens is 294 g/mol. The summed E-state index contributed by atoms with van der Waals surface area (Å²) in [7, 11) is 2.09. The summed E-state index contributed by atoms with van der Waals surface area (Å²) in [6, 6.07) is 8.60. The van der Waals surface area contributed by atoms with E-state index in [1.807, 2.05) is 18.2 Å². The van der Waals surface area contributed by atoms with Crippen molar-refractivity contribution in [3.05, 3.63) is 28.7 Å². The van der Waals surface area contributed by atoms with E-state index in [1.165, 1.54) is 5.69 Å². The zero-order valence-electron chi connectivity index (χ0n) is 10.5. The smallest absolute Gasteiger partial charge is 0.306 e. The highest BCUT2D eigenvalue weighted by Gasteiger charge is 2.28. The van der Waals surface area contributed by atoms with Crippen molar-refractivity contribution in [1.29, 1.82) is 0 Å². The average Bonchev–Trinajstić information content (AvgIpc) is 2.38. The first-order valence-electron chi connectivity index (χ1n) is 6.29. The molecule has 0 unspecified atom stereocenters. The van der Waals surface area contributed by atoms with Gasteiger partial charge in [-0.25, -0.2) is 0 Å². The lowest BCUT2D eigenvalue weighted by atomic mass is 9.85. The van der Waals surface area contributed by atoms with Crippen LogP contribution >= 0.6 is 15.9 Å². The van der Waals surface area contributed by atoms with E-state index in [4.69, 9.17) is 5.11 Å². The molecule has 1 aliphatic rings. The van der Waals surface area contributed by atoms with Crippen LogP contribution in [0.2, 0.25) is 0 Å². The molecule has 0 aliphatic heterocycles. The fourth-order valence-electron chi connectivity index (χ4n) is 2.64. The maximum Gasteiger partial charge on any atom is 0.306 e. The predicted octanol–water partition coefficient (Wildman–Crippen LogP) is 3.53. The van der Waals surface area contributed by atoms with E-state index in [9.17, 15) is 4.79 Å². The molecule has 0 aromatic heterocycles. The van der Waals surface area contributed by atoms with E-state index in [2.05, 4.69) is 33.9 Å². The molecule has 98 valence electrons. The number of carbonyl (C=O) groups is 1. The summed E-state index contributed by atoms with van der Waals surface area (Å²) in [5, 5.41) is 9.00. The number of carboxylic acids is 1. The molecule has 1 aromatic carbocycles. The summed E-state index contributed by atoms with van der Waals surface area (Å²) in [5.41, 5.74) is 1.18. The first-order valence-corrected chi connectivity index (χ1v) is 7.09. The van der Waals surface area contributed by atoms with E-state index < -0.39 is 5.97 Å². The minimum Gasteiger partial charge on any atom is -0.481 e. The molecule has 18 heavy (non-hydrogen) atoms. The summed E-state index contributed by atoms with van der Waals surface area (Å²) in [5.74, 6) is -0.786. The van der Waals surface area contributed by atoms with Gasteiger partial charge in [-0.05, 0) is 53.7 Å². The van der Waals surface area contributed by atoms with Crippen LogP contribution in [0.1, 0.15) is 25.7 Å². The molecule has 1 saturated carbocycles. The summed E-state index contributed by atoms with van der Waals surface area (Å²) in [6.45, 7) is 0. The van der Waals surface area contributed by atoms with Crippen molar-refractivity contribution in [3.63, 3.8) is 0 Å². The van der Waals surface area contributed by atoms with Crippen LogP contribution in [0.4, 0.5) is 5.69 Å². The quantitative estimate of drug-likeness (QED) is 0.928. The third kappa shape index (κ3) is 2.86. The molecule has 0 radical (unpaired) electrons. The highest BCUT2D eigenvalue weighted by molar-refractivity contribution is 9.10. The number of rotatable bonds is 3. The van der Waals surface area contributed by atoms with Crippen LogP contribution in [0.5, 0.6) is 0 Å². The summed E-state index contributed by atoms with van der Waals surface area (Å²) in [6.07, 6.45) is 3.48. The van der Waals surface area contributed by atoms with Crippen molar-refractivity contribution in [3.8, 4) is 0 Å². The van der Waals surface area contributed by atoms with Crippen LogP contribution in [0, 0.1) is 5.92 Å². The summed E-state index contributed by atoms with van der Waals surface area (Å²) >= 11 is 3.56. The van der Waals surface area contributed by atoms with Crippen molar-refractivity contribution in [2.45, 2.75) is 31.7 Å². The maximum atomic E-state index is 10.9. The Bertz CT molecular complexity index is 428. The third-order valence-electron chi connectivity index (χ3n) is 3.83. The van der Waals surface area contributed by atoms with E-state index >= 15 is 0 Å². The Morgan fingerprint density at radius 1 is 1.28 bits per heavy atom. The number of halogens is 1. The number of carboxylic acid groups (broad SMARTS) is 1. The molecule has 2 rings (SSSR count). The highest BCUT2D eigenvalue weighted by Crippen LogP contribution is 2.32. The number of hydrogen-bond donors (Lipinski definition) is 1. The Morgan fingerprint density at radius 3 is 2.44 bits per heavy atom. The Balaban J connectivity index is 2.02. The number of nitrogens with zero attached hydrogens (tertiary/aromatic N) is 1. The Morgan fingerprint density at radius 2 is 1.89 bits per heavy atom. The van der Waals surface area contributed by atoms with Crippen molar-refractivity contribution in [2.75, 3.05) is 11.9 Å². The van der Waals surface area contributed by atoms with Gasteiger partial charge in [0.15, 0.2) is 0 Å². The predicted molar refractivity (Wildman–Crippen MR) is 75.9 cm³/mol. The molecule has 1 N–H and O–H groups in total. The lowest BCUT2D eigenvalue weighted by Crippen LogP contribution is -2.36. The van der Waals surface area contributed by atoms with Gasteiger partial charge in [0.2, 0.25) is 0 Å². The van der Waals surface area contributed by atoms with Crippen molar-refractivity contribution < 1.29 is 9.90 Å². The molecule has 0 amide bonds. The third-order valence-corrected chi connectivity index (χ3v) is 4.50. The van der Waals surface area contributed by atoms with Gasteiger partial charge in [-0.15, -0.1) is 0 Å². The van der Waals surface area contributed by atoms with Crippen LogP contribution in [0.3, 0.4) is 0 Å². The van der Waals surface area contributed by atoms with Crippen molar-refractivity contribution in [2.24, 2.45) is 5.92 Å². The molecular formula is C14H18BrNO2. The van der Waals surface area contributed by atoms with Crippen LogP contribution in [0.15, 0.2) is 28.7 Å². The van der Waals surface area contributed by atoms with Gasteiger partial charge >= 0.3 is 5.97 Å². The molecule has 0 atom stereocenters. The van der Waals surface area contributed by atoms with Gasteiger partial charge in [0.25, 0.3) is 0 Å². The maximum absolute atomic E-state index is 10.9. The van der Waals surface area contributed by atoms with Gasteiger partial charge < -0.3 is 10.0 Å². The molecule has 1 fully saturated rings. The zero-order valence-corrected chi connectivity index (χ0v) is 12.1. The van der Waals surface area contributed by atoms with Crippen molar-refractivity contribution in [1.82, 2.24) is 0 Å². The number of benzene rings is 1. The number of aliphatic carboxylic acids is 1. The Kier molecular flexibility index (Phi) is 4.27. The summed E-state index contributed by atoms with van der Waals surface area (Å²) < 4.78 is 1.09. The second kappa shape index (κ2) is 5.74. The molecule has 0 bridgehead atoms. The molecule has 0 saturated heterocycles. The Labute approximate surface area is 116 Å². The molecule has 0 spiro atoms.